The smallest absolute Gasteiger partial charge is 0.303 e. The summed E-state index contributed by atoms with van der Waals surface area (Å²) in [6, 6.07) is 19.8. The first-order valence-corrected chi connectivity index (χ1v) is 12.3. The number of anilines is 1. The van der Waals surface area contributed by atoms with Crippen molar-refractivity contribution in [2.24, 2.45) is 4.99 Å². The lowest BCUT2D eigenvalue weighted by Gasteiger charge is -2.16. The van der Waals surface area contributed by atoms with Gasteiger partial charge in [-0.15, -0.1) is 0 Å². The van der Waals surface area contributed by atoms with E-state index in [1.165, 1.54) is 30.5 Å². The highest BCUT2D eigenvalue weighted by Gasteiger charge is 2.35. The van der Waals surface area contributed by atoms with Crippen LogP contribution in [0.25, 0.3) is 0 Å². The number of likely N-dealkylation sites (tertiary alicyclic amines) is 1. The molecule has 0 bridgehead atoms. The number of hydrogen-bond acceptors (Lipinski definition) is 4. The van der Waals surface area contributed by atoms with Crippen LogP contribution >= 0.6 is 0 Å². The molecule has 6 nitrogen and oxygen atoms in total. The van der Waals surface area contributed by atoms with Crippen LogP contribution in [0.2, 0.25) is 0 Å². The number of aryl methyl sites for hydroxylation is 1. The van der Waals surface area contributed by atoms with E-state index in [1.807, 2.05) is 36.4 Å². The predicted octanol–water partition coefficient (Wildman–Crippen LogP) is 5.30. The van der Waals surface area contributed by atoms with Crippen molar-refractivity contribution in [2.45, 2.75) is 38.1 Å². The zero-order valence-electron chi connectivity index (χ0n) is 19.9. The Balaban J connectivity index is 1.48. The maximum atomic E-state index is 13.8. The summed E-state index contributed by atoms with van der Waals surface area (Å²) in [7, 11) is 0. The van der Waals surface area contributed by atoms with E-state index in [4.69, 9.17) is 10.1 Å². The number of aliphatic carboxylic acids is 1. The van der Waals surface area contributed by atoms with E-state index in [2.05, 4.69) is 22.3 Å². The van der Waals surface area contributed by atoms with E-state index in [1.54, 1.807) is 6.07 Å². The summed E-state index contributed by atoms with van der Waals surface area (Å²) in [4.78, 5) is 31.3. The van der Waals surface area contributed by atoms with Gasteiger partial charge in [0.25, 0.3) is 0 Å². The lowest BCUT2D eigenvalue weighted by Crippen LogP contribution is -2.22. The molecule has 3 aromatic rings. The highest BCUT2D eigenvalue weighted by atomic mass is 19.1. The minimum absolute atomic E-state index is 0.0496. The first kappa shape index (κ1) is 23.9. The Morgan fingerprint density at radius 2 is 1.69 bits per heavy atom. The van der Waals surface area contributed by atoms with Crippen LogP contribution in [0.3, 0.4) is 0 Å². The van der Waals surface area contributed by atoms with Crippen LogP contribution in [0.1, 0.15) is 47.4 Å². The molecule has 0 spiro atoms. The van der Waals surface area contributed by atoms with Gasteiger partial charge in [0, 0.05) is 18.7 Å². The van der Waals surface area contributed by atoms with Gasteiger partial charge in [-0.3, -0.25) is 19.5 Å². The molecule has 7 heteroatoms. The van der Waals surface area contributed by atoms with Crippen LogP contribution in [0.5, 0.6) is 0 Å². The van der Waals surface area contributed by atoms with Crippen molar-refractivity contribution in [2.75, 3.05) is 18.4 Å². The Labute approximate surface area is 209 Å². The van der Waals surface area contributed by atoms with Crippen molar-refractivity contribution in [1.82, 2.24) is 4.90 Å². The average molecular weight is 486 g/mol. The van der Waals surface area contributed by atoms with Crippen molar-refractivity contribution in [1.29, 1.82) is 0 Å². The molecule has 1 amide bonds. The maximum Gasteiger partial charge on any atom is 0.303 e. The van der Waals surface area contributed by atoms with Crippen LogP contribution in [-0.2, 0) is 22.6 Å². The Hall–Kier alpha value is -3.84. The third-order valence-corrected chi connectivity index (χ3v) is 6.79. The number of halogens is 1. The van der Waals surface area contributed by atoms with Crippen LogP contribution < -0.4 is 5.32 Å². The molecule has 0 radical (unpaired) electrons. The Kier molecular flexibility index (Phi) is 6.91. The molecule has 2 heterocycles. The summed E-state index contributed by atoms with van der Waals surface area (Å²) in [6.45, 7) is 3.17. The first-order valence-electron chi connectivity index (χ1n) is 12.3. The van der Waals surface area contributed by atoms with Crippen molar-refractivity contribution >= 4 is 29.0 Å². The molecule has 1 unspecified atom stereocenters. The molecule has 0 aliphatic carbocycles. The lowest BCUT2D eigenvalue weighted by molar-refractivity contribution is -0.137. The number of hydrogen-bond donors (Lipinski definition) is 2. The van der Waals surface area contributed by atoms with Crippen LogP contribution in [-0.4, -0.2) is 40.7 Å². The normalized spacial score (nSPS) is 17.8. The third kappa shape index (κ3) is 5.36. The van der Waals surface area contributed by atoms with E-state index >= 15 is 0 Å². The van der Waals surface area contributed by atoms with E-state index in [9.17, 15) is 14.0 Å². The molecule has 184 valence electrons. The van der Waals surface area contributed by atoms with Gasteiger partial charge < -0.3 is 10.4 Å². The zero-order chi connectivity index (χ0) is 25.1. The molecule has 0 saturated carbocycles. The van der Waals surface area contributed by atoms with Crippen molar-refractivity contribution in [3.05, 3.63) is 94.8 Å². The second-order valence-electron chi connectivity index (χ2n) is 9.39. The number of rotatable bonds is 8. The van der Waals surface area contributed by atoms with E-state index in [0.717, 1.165) is 36.4 Å². The zero-order valence-corrected chi connectivity index (χ0v) is 19.9. The van der Waals surface area contributed by atoms with E-state index < -0.39 is 17.7 Å². The molecule has 5 rings (SSSR count). The first-order chi connectivity index (χ1) is 17.5. The molecule has 2 aliphatic rings. The van der Waals surface area contributed by atoms with Gasteiger partial charge in [-0.2, -0.15) is 0 Å². The quantitative estimate of drug-likeness (QED) is 0.425. The number of aliphatic imine (C=N–C) groups is 1. The van der Waals surface area contributed by atoms with E-state index in [0.29, 0.717) is 23.4 Å². The van der Waals surface area contributed by atoms with Crippen LogP contribution in [0.15, 0.2) is 71.7 Å². The van der Waals surface area contributed by atoms with Crippen molar-refractivity contribution in [3.63, 3.8) is 0 Å². The SMILES string of the molecule is O=C(O)CCc1ccc(C(=Nc2ccc(CN3CCCC3)cc2)C2C(=O)Nc3cc(F)ccc32)cc1. The summed E-state index contributed by atoms with van der Waals surface area (Å²) < 4.78 is 13.8. The third-order valence-electron chi connectivity index (χ3n) is 6.79. The number of nitrogens with one attached hydrogen (secondary N) is 1. The van der Waals surface area contributed by atoms with Gasteiger partial charge in [-0.25, -0.2) is 4.39 Å². The number of benzene rings is 3. The van der Waals surface area contributed by atoms with Gasteiger partial charge in [0.1, 0.15) is 11.7 Å². The highest BCUT2D eigenvalue weighted by molar-refractivity contribution is 6.24. The fraction of sp³-hybridized carbons (Fsp3) is 0.276. The molecular formula is C29H28FN3O3. The standard InChI is InChI=1S/C29H28FN3O3/c30-22-10-13-24-25(17-22)32-29(36)27(24)28(21-8-3-19(4-9-21)7-14-26(34)35)31-23-11-5-20(6-12-23)18-33-15-1-2-16-33/h3-6,8-13,17,27H,1-2,7,14-16,18H2,(H,32,36)(H,34,35). The molecule has 36 heavy (non-hydrogen) atoms. The molecular weight excluding hydrogens is 457 g/mol. The van der Waals surface area contributed by atoms with Gasteiger partial charge in [-0.1, -0.05) is 42.5 Å². The number of fused-ring (bicyclic) bond motifs is 1. The molecule has 1 fully saturated rings. The van der Waals surface area contributed by atoms with E-state index in [-0.39, 0.29) is 12.3 Å². The minimum Gasteiger partial charge on any atom is -0.481 e. The van der Waals surface area contributed by atoms with Gasteiger partial charge in [0.05, 0.1) is 11.4 Å². The van der Waals surface area contributed by atoms with Crippen LogP contribution in [0.4, 0.5) is 15.8 Å². The molecule has 2 aliphatic heterocycles. The summed E-state index contributed by atoms with van der Waals surface area (Å²) in [6.07, 6.45) is 2.96. The predicted molar refractivity (Wildman–Crippen MR) is 137 cm³/mol. The number of carboxylic acids is 1. The van der Waals surface area contributed by atoms with Gasteiger partial charge >= 0.3 is 5.97 Å². The van der Waals surface area contributed by atoms with Crippen LogP contribution in [0, 0.1) is 5.82 Å². The highest BCUT2D eigenvalue weighted by Crippen LogP contribution is 2.37. The summed E-state index contributed by atoms with van der Waals surface area (Å²) in [5.74, 6) is -2.20. The van der Waals surface area contributed by atoms with Gasteiger partial charge in [0.15, 0.2) is 0 Å². The summed E-state index contributed by atoms with van der Waals surface area (Å²) >= 11 is 0. The Morgan fingerprint density at radius 3 is 2.39 bits per heavy atom. The van der Waals surface area contributed by atoms with Crippen molar-refractivity contribution in [3.8, 4) is 0 Å². The maximum absolute atomic E-state index is 13.8. The lowest BCUT2D eigenvalue weighted by atomic mass is 9.90. The Bertz CT molecular complexity index is 1300. The number of carbonyl (C=O) groups is 2. The second-order valence-corrected chi connectivity index (χ2v) is 9.39. The second kappa shape index (κ2) is 10.4. The summed E-state index contributed by atoms with van der Waals surface area (Å²) in [5.41, 5.74) is 5.30. The fourth-order valence-electron chi connectivity index (χ4n) is 4.91. The topological polar surface area (TPSA) is 82.0 Å². The minimum atomic E-state index is -0.846. The van der Waals surface area contributed by atoms with Gasteiger partial charge in [0.2, 0.25) is 5.91 Å². The fourth-order valence-corrected chi connectivity index (χ4v) is 4.91. The summed E-state index contributed by atoms with van der Waals surface area (Å²) in [5, 5.41) is 11.8. The molecule has 1 saturated heterocycles. The molecule has 0 aromatic heterocycles. The van der Waals surface area contributed by atoms with Gasteiger partial charge in [-0.05, 0) is 78.9 Å². The Morgan fingerprint density at radius 1 is 1.00 bits per heavy atom. The number of carboxylic acid groups (broad SMARTS) is 1. The molecule has 2 N–H and O–H groups in total. The number of nitrogens with zero attached hydrogens (tertiary/aromatic N) is 2. The molecule has 3 aromatic carbocycles. The number of carbonyl (C=O) groups excluding carboxylic acids is 1. The molecule has 1 atom stereocenters. The average Bonchev–Trinajstić information content (AvgIpc) is 3.49. The van der Waals surface area contributed by atoms with Crippen molar-refractivity contribution < 1.29 is 19.1 Å². The largest absolute Gasteiger partial charge is 0.481 e. The number of amides is 1. The monoisotopic (exact) mass is 485 g/mol.